The Kier molecular flexibility index (Phi) is 3.36. The number of rotatable bonds is 3. The average Bonchev–Trinajstić information content (AvgIpc) is 2.70. The molecule has 0 unspecified atom stereocenters. The van der Waals surface area contributed by atoms with Gasteiger partial charge in [0.25, 0.3) is 0 Å². The fraction of sp³-hybridized carbons (Fsp3) is 0. The van der Waals surface area contributed by atoms with Gasteiger partial charge in [0.1, 0.15) is 0 Å². The quantitative estimate of drug-likeness (QED) is 0.481. The van der Waals surface area contributed by atoms with Crippen molar-refractivity contribution in [1.82, 2.24) is 0 Å². The molecule has 1 aliphatic carbocycles. The lowest BCUT2D eigenvalue weighted by atomic mass is 9.89. The minimum absolute atomic E-state index is 0.131. The normalized spacial score (nSPS) is 11.4. The minimum atomic E-state index is -1.04. The summed E-state index contributed by atoms with van der Waals surface area (Å²) in [6, 6.07) is 22.1. The number of aromatic carboxylic acids is 2. The molecule has 0 aromatic heterocycles. The Hall–Kier alpha value is -3.92. The third-order valence-electron chi connectivity index (χ3n) is 5.34. The Morgan fingerprint density at radius 2 is 1.36 bits per heavy atom. The van der Waals surface area contributed by atoms with Crippen LogP contribution in [0, 0.1) is 20.9 Å². The van der Waals surface area contributed by atoms with E-state index in [0.29, 0.717) is 10.8 Å². The summed E-state index contributed by atoms with van der Waals surface area (Å²) in [5.41, 5.74) is 2.09. The fourth-order valence-corrected chi connectivity index (χ4v) is 4.07. The van der Waals surface area contributed by atoms with Gasteiger partial charge in [0.05, 0.1) is 11.1 Å². The van der Waals surface area contributed by atoms with E-state index in [2.05, 4.69) is 18.2 Å². The van der Waals surface area contributed by atoms with Gasteiger partial charge >= 0.3 is 11.9 Å². The van der Waals surface area contributed by atoms with Crippen molar-refractivity contribution in [1.29, 1.82) is 0 Å². The largest absolute Gasteiger partial charge is 0.478 e. The molecule has 0 saturated carbocycles. The molecule has 0 heterocycles. The first-order valence-corrected chi connectivity index (χ1v) is 8.83. The second-order valence-corrected chi connectivity index (χ2v) is 6.81. The van der Waals surface area contributed by atoms with Crippen molar-refractivity contribution < 1.29 is 19.8 Å². The van der Waals surface area contributed by atoms with E-state index < -0.39 is 11.9 Å². The lowest BCUT2D eigenvalue weighted by Gasteiger charge is -2.14. The third-order valence-corrected chi connectivity index (χ3v) is 5.34. The Morgan fingerprint density at radius 3 is 2.11 bits per heavy atom. The van der Waals surface area contributed by atoms with Crippen molar-refractivity contribution >= 4 is 22.7 Å². The Balaban J connectivity index is 1.92. The second kappa shape index (κ2) is 5.79. The van der Waals surface area contributed by atoms with Gasteiger partial charge in [-0.15, -0.1) is 0 Å². The Bertz CT molecular complexity index is 1520. The van der Waals surface area contributed by atoms with Crippen molar-refractivity contribution in [3.8, 4) is 11.1 Å². The van der Waals surface area contributed by atoms with Crippen LogP contribution in [0.3, 0.4) is 0 Å². The first kappa shape index (κ1) is 16.3. The summed E-state index contributed by atoms with van der Waals surface area (Å²) >= 11 is 0. The van der Waals surface area contributed by atoms with E-state index in [4.69, 9.17) is 0 Å². The van der Waals surface area contributed by atoms with Crippen LogP contribution >= 0.6 is 0 Å². The van der Waals surface area contributed by atoms with Gasteiger partial charge in [0.2, 0.25) is 0 Å². The lowest BCUT2D eigenvalue weighted by molar-refractivity contribution is 0.0688. The average molecular weight is 366 g/mol. The minimum Gasteiger partial charge on any atom is -0.478 e. The van der Waals surface area contributed by atoms with Gasteiger partial charge in [-0.3, -0.25) is 0 Å². The number of carboxylic acids is 2. The van der Waals surface area contributed by atoms with Crippen LogP contribution in [-0.2, 0) is 0 Å². The summed E-state index contributed by atoms with van der Waals surface area (Å²) in [7, 11) is 0. The van der Waals surface area contributed by atoms with Gasteiger partial charge in [-0.05, 0) is 61.0 Å². The second-order valence-electron chi connectivity index (χ2n) is 6.81. The Labute approximate surface area is 158 Å². The predicted octanol–water partition coefficient (Wildman–Crippen LogP) is 4.79. The molecule has 4 nitrogen and oxygen atoms in total. The van der Waals surface area contributed by atoms with Crippen LogP contribution in [0.4, 0.5) is 0 Å². The number of carboxylic acid groups (broad SMARTS) is 2. The van der Waals surface area contributed by atoms with Gasteiger partial charge in [0.15, 0.2) is 0 Å². The molecule has 4 heteroatoms. The summed E-state index contributed by atoms with van der Waals surface area (Å²) in [6.07, 6.45) is 0. The molecule has 0 aliphatic heterocycles. The lowest BCUT2D eigenvalue weighted by Crippen LogP contribution is -2.01. The van der Waals surface area contributed by atoms with E-state index in [1.165, 1.54) is 11.3 Å². The number of hydrogen-bond donors (Lipinski definition) is 2. The Morgan fingerprint density at radius 1 is 0.607 bits per heavy atom. The monoisotopic (exact) mass is 366 g/mol. The van der Waals surface area contributed by atoms with Crippen molar-refractivity contribution in [2.75, 3.05) is 0 Å². The van der Waals surface area contributed by atoms with Crippen LogP contribution in [0.2, 0.25) is 0 Å². The molecule has 4 aromatic carbocycles. The smallest absolute Gasteiger partial charge is 0.336 e. The van der Waals surface area contributed by atoms with Crippen LogP contribution in [0.1, 0.15) is 20.7 Å². The zero-order valence-corrected chi connectivity index (χ0v) is 14.6. The van der Waals surface area contributed by atoms with Gasteiger partial charge < -0.3 is 10.2 Å². The highest BCUT2D eigenvalue weighted by molar-refractivity contribution is 6.10. The zero-order chi connectivity index (χ0) is 19.4. The van der Waals surface area contributed by atoms with E-state index >= 15 is 0 Å². The van der Waals surface area contributed by atoms with Gasteiger partial charge in [-0.2, -0.15) is 0 Å². The third kappa shape index (κ3) is 2.18. The summed E-state index contributed by atoms with van der Waals surface area (Å²) in [5, 5.41) is 24.7. The number of hydrogen-bond acceptors (Lipinski definition) is 2. The molecule has 0 fully saturated rings. The molecule has 0 amide bonds. The maximum absolute atomic E-state index is 11.7. The van der Waals surface area contributed by atoms with Crippen molar-refractivity contribution in [2.45, 2.75) is 0 Å². The molecule has 0 saturated heterocycles. The number of benzene rings is 4. The molecule has 1 aliphatic rings. The van der Waals surface area contributed by atoms with Crippen LogP contribution in [0.25, 0.3) is 21.9 Å². The molecule has 0 atom stereocenters. The van der Waals surface area contributed by atoms with E-state index in [0.717, 1.165) is 26.8 Å². The summed E-state index contributed by atoms with van der Waals surface area (Å²) in [5.74, 6) is -2.08. The first-order chi connectivity index (χ1) is 13.6. The van der Waals surface area contributed by atoms with Gasteiger partial charge in [-0.25, -0.2) is 9.59 Å². The van der Waals surface area contributed by atoms with Crippen molar-refractivity contribution in [3.05, 3.63) is 105 Å². The molecule has 0 bridgehead atoms. The molecule has 28 heavy (non-hydrogen) atoms. The van der Waals surface area contributed by atoms with E-state index in [9.17, 15) is 19.8 Å². The molecule has 4 aromatic rings. The topological polar surface area (TPSA) is 74.6 Å². The highest BCUT2D eigenvalue weighted by Gasteiger charge is 2.16. The maximum Gasteiger partial charge on any atom is 0.336 e. The number of carbonyl (C=O) groups is 2. The van der Waals surface area contributed by atoms with Crippen LogP contribution in [-0.4, -0.2) is 22.2 Å². The summed E-state index contributed by atoms with van der Waals surface area (Å²) in [4.78, 5) is 23.2. The summed E-state index contributed by atoms with van der Waals surface area (Å²) < 4.78 is 0. The highest BCUT2D eigenvalue weighted by atomic mass is 16.4. The molecular formula is C24H14O4. The standard InChI is InChI=1S/C24H14O4/c25-23(26)13-8-9-16-20(24(27)28)11-10-15(21(16)12-13)19-7-3-6-18-14-4-1-2-5-17(14)22(18)19/h1-12H,(H,25,26)(H,27,28). The SMILES string of the molecule is O=C(O)c1ccc2c(C(=O)O)ccc(-c3cccc4c3=c3ccccc3=4)c2c1. The summed E-state index contributed by atoms with van der Waals surface area (Å²) in [6.45, 7) is 0. The van der Waals surface area contributed by atoms with Gasteiger partial charge in [0, 0.05) is 0 Å². The predicted molar refractivity (Wildman–Crippen MR) is 105 cm³/mol. The number of fused-ring (bicyclic) bond motifs is 3. The van der Waals surface area contributed by atoms with Gasteiger partial charge in [-0.1, -0.05) is 54.6 Å². The van der Waals surface area contributed by atoms with Crippen LogP contribution < -0.4 is 0 Å². The van der Waals surface area contributed by atoms with E-state index in [1.807, 2.05) is 24.3 Å². The van der Waals surface area contributed by atoms with E-state index in [-0.39, 0.29) is 11.1 Å². The molecule has 0 spiro atoms. The van der Waals surface area contributed by atoms with Crippen LogP contribution in [0.15, 0.2) is 72.8 Å². The zero-order valence-electron chi connectivity index (χ0n) is 14.6. The first-order valence-electron chi connectivity index (χ1n) is 8.83. The molecule has 0 radical (unpaired) electrons. The van der Waals surface area contributed by atoms with E-state index in [1.54, 1.807) is 24.3 Å². The van der Waals surface area contributed by atoms with Crippen molar-refractivity contribution in [3.63, 3.8) is 0 Å². The van der Waals surface area contributed by atoms with Crippen molar-refractivity contribution in [2.24, 2.45) is 0 Å². The molecular weight excluding hydrogens is 352 g/mol. The molecule has 2 N–H and O–H groups in total. The fourth-order valence-electron chi connectivity index (χ4n) is 4.07. The highest BCUT2D eigenvalue weighted by Crippen LogP contribution is 2.34. The maximum atomic E-state index is 11.7. The van der Waals surface area contributed by atoms with Crippen LogP contribution in [0.5, 0.6) is 0 Å². The molecule has 134 valence electrons. The molecule has 5 rings (SSSR count).